The third-order valence-corrected chi connectivity index (χ3v) is 5.68. The summed E-state index contributed by atoms with van der Waals surface area (Å²) in [5.41, 5.74) is 9.60. The molecule has 0 radical (unpaired) electrons. The molecule has 4 heterocycles. The summed E-state index contributed by atoms with van der Waals surface area (Å²) in [6.07, 6.45) is 5.08. The molecule has 0 saturated carbocycles. The van der Waals surface area contributed by atoms with Crippen molar-refractivity contribution in [2.45, 2.75) is 53.0 Å². The zero-order valence-corrected chi connectivity index (χ0v) is 16.5. The number of hydrogen-bond acceptors (Lipinski definition) is 5. The fourth-order valence-corrected chi connectivity index (χ4v) is 4.19. The lowest BCUT2D eigenvalue weighted by Crippen LogP contribution is -2.44. The Bertz CT molecular complexity index is 687. The van der Waals surface area contributed by atoms with E-state index in [-0.39, 0.29) is 11.9 Å². The fourth-order valence-electron chi connectivity index (χ4n) is 4.19. The molecule has 6 heteroatoms. The van der Waals surface area contributed by atoms with Gasteiger partial charge >= 0.3 is 0 Å². The van der Waals surface area contributed by atoms with Crippen molar-refractivity contribution in [3.05, 3.63) is 28.6 Å². The summed E-state index contributed by atoms with van der Waals surface area (Å²) < 4.78 is 0. The number of anilines is 1. The summed E-state index contributed by atoms with van der Waals surface area (Å²) in [4.78, 5) is 26.1. The van der Waals surface area contributed by atoms with Gasteiger partial charge in [0.05, 0.1) is 6.42 Å². The number of carbonyl (C=O) groups is 1. The zero-order valence-electron chi connectivity index (χ0n) is 16.5. The molecule has 4 rings (SSSR count). The third kappa shape index (κ3) is 4.23. The van der Waals surface area contributed by atoms with Crippen molar-refractivity contribution in [1.29, 1.82) is 0 Å². The first-order valence-corrected chi connectivity index (χ1v) is 9.58. The average Bonchev–Trinajstić information content (AvgIpc) is 2.87. The van der Waals surface area contributed by atoms with E-state index in [4.69, 9.17) is 5.73 Å². The number of nitrogen functional groups attached to an aromatic ring is 1. The van der Waals surface area contributed by atoms with E-state index in [2.05, 4.69) is 39.7 Å². The number of rotatable bonds is 4. The van der Waals surface area contributed by atoms with Crippen LogP contribution in [0, 0.1) is 19.8 Å². The molecule has 0 spiro atoms. The molecule has 2 atom stereocenters. The van der Waals surface area contributed by atoms with Crippen molar-refractivity contribution in [3.63, 3.8) is 0 Å². The highest BCUT2D eigenvalue weighted by Gasteiger charge is 2.36. The van der Waals surface area contributed by atoms with Crippen LogP contribution in [0.15, 0.2) is 11.6 Å². The first-order valence-electron chi connectivity index (χ1n) is 9.58. The molecule has 1 aromatic rings. The fraction of sp³-hybridized carbons (Fsp3) is 0.650. The number of aromatic nitrogens is 2. The molecule has 3 aliphatic heterocycles. The normalized spacial score (nSPS) is 23.0. The number of fused-ring (bicyclic) bond motifs is 4. The average molecular weight is 358 g/mol. The molecule has 3 fully saturated rings. The van der Waals surface area contributed by atoms with Gasteiger partial charge in [0.25, 0.3) is 0 Å². The van der Waals surface area contributed by atoms with Crippen molar-refractivity contribution >= 4 is 11.9 Å². The Labute approximate surface area is 156 Å². The minimum atomic E-state index is 0.186. The molecular weight excluding hydrogens is 326 g/mol. The first kappa shape index (κ1) is 18.8. The van der Waals surface area contributed by atoms with E-state index < -0.39 is 0 Å². The van der Waals surface area contributed by atoms with E-state index in [0.717, 1.165) is 43.1 Å². The van der Waals surface area contributed by atoms with Gasteiger partial charge in [-0.3, -0.25) is 9.69 Å². The van der Waals surface area contributed by atoms with Crippen LogP contribution in [0.1, 0.15) is 43.6 Å². The van der Waals surface area contributed by atoms with Gasteiger partial charge in [-0.25, -0.2) is 9.97 Å². The van der Waals surface area contributed by atoms with Crippen LogP contribution in [0.3, 0.4) is 0 Å². The second-order valence-corrected chi connectivity index (χ2v) is 8.04. The number of hydrogen-bond donors (Lipinski definition) is 1. The highest BCUT2D eigenvalue weighted by atomic mass is 16.2. The van der Waals surface area contributed by atoms with Crippen LogP contribution in [0.5, 0.6) is 0 Å². The molecule has 26 heavy (non-hydrogen) atoms. The topological polar surface area (TPSA) is 75.3 Å². The van der Waals surface area contributed by atoms with E-state index >= 15 is 0 Å². The second kappa shape index (κ2) is 7.74. The maximum Gasteiger partial charge on any atom is 0.227 e. The minimum Gasteiger partial charge on any atom is -0.368 e. The number of nitrogens with two attached hydrogens (primary N) is 1. The number of piperidine rings is 1. The molecule has 1 aromatic heterocycles. The number of carbonyl (C=O) groups excluding carboxylic acids is 1. The van der Waals surface area contributed by atoms with Gasteiger partial charge in [-0.05, 0) is 46.5 Å². The lowest BCUT2D eigenvalue weighted by atomic mass is 9.95. The Kier molecular flexibility index (Phi) is 5.61. The van der Waals surface area contributed by atoms with Gasteiger partial charge in [0, 0.05) is 49.2 Å². The van der Waals surface area contributed by atoms with Crippen LogP contribution in [0.25, 0.3) is 0 Å². The van der Waals surface area contributed by atoms with E-state index in [9.17, 15) is 4.79 Å². The number of aryl methyl sites for hydroxylation is 2. The number of allylic oxidation sites excluding steroid dienone is 1. The van der Waals surface area contributed by atoms with Gasteiger partial charge < -0.3 is 10.6 Å². The van der Waals surface area contributed by atoms with Crippen LogP contribution in [-0.2, 0) is 11.2 Å². The van der Waals surface area contributed by atoms with E-state index in [1.165, 1.54) is 18.4 Å². The second-order valence-electron chi connectivity index (χ2n) is 8.04. The molecule has 0 unspecified atom stereocenters. The van der Waals surface area contributed by atoms with Gasteiger partial charge in [-0.1, -0.05) is 11.6 Å². The van der Waals surface area contributed by atoms with Gasteiger partial charge in [0.15, 0.2) is 0 Å². The van der Waals surface area contributed by atoms with Crippen LogP contribution in [0.4, 0.5) is 5.95 Å². The molecule has 0 aliphatic carbocycles. The Balaban J connectivity index is 1.71. The maximum atomic E-state index is 13.0. The molecule has 0 aromatic carbocycles. The van der Waals surface area contributed by atoms with Crippen LogP contribution in [0.2, 0.25) is 0 Å². The summed E-state index contributed by atoms with van der Waals surface area (Å²) in [6.45, 7) is 11.9. The van der Waals surface area contributed by atoms with Crippen molar-refractivity contribution in [3.8, 4) is 0 Å². The van der Waals surface area contributed by atoms with E-state index in [0.29, 0.717) is 18.4 Å². The number of amides is 1. The number of nitrogens with zero attached hydrogens (tertiary/aromatic N) is 4. The summed E-state index contributed by atoms with van der Waals surface area (Å²) in [5, 5.41) is 0. The van der Waals surface area contributed by atoms with Crippen LogP contribution in [-0.4, -0.2) is 57.9 Å². The Morgan fingerprint density at radius 2 is 1.85 bits per heavy atom. The molecule has 1 amide bonds. The molecule has 2 bridgehead atoms. The monoisotopic (exact) mass is 357 g/mol. The summed E-state index contributed by atoms with van der Waals surface area (Å²) in [5.74, 6) is 1.04. The highest BCUT2D eigenvalue weighted by Crippen LogP contribution is 2.28. The highest BCUT2D eigenvalue weighted by molar-refractivity contribution is 5.79. The third-order valence-electron chi connectivity index (χ3n) is 5.68. The first-order chi connectivity index (χ1) is 12.3. The Hall–Kier alpha value is -1.95. The quantitative estimate of drug-likeness (QED) is 0.835. The van der Waals surface area contributed by atoms with Gasteiger partial charge in [-0.15, -0.1) is 0 Å². The predicted molar refractivity (Wildman–Crippen MR) is 104 cm³/mol. The molecule has 3 saturated heterocycles. The van der Waals surface area contributed by atoms with Crippen LogP contribution < -0.4 is 5.73 Å². The smallest absolute Gasteiger partial charge is 0.227 e. The van der Waals surface area contributed by atoms with Gasteiger partial charge in [0.2, 0.25) is 11.9 Å². The maximum absolute atomic E-state index is 13.0. The molecule has 6 nitrogen and oxygen atoms in total. The standard InChI is InChI=1S/C20H31N5O/c1-13(2)7-8-24-10-16-5-6-17(24)12-25(11-16)19(26)9-18-14(3)22-20(21)23-15(18)4/h7,16-17H,5-6,8-12H2,1-4H3,(H2,21,22,23)/t16-,17-/m1/s1. The summed E-state index contributed by atoms with van der Waals surface area (Å²) >= 11 is 0. The van der Waals surface area contributed by atoms with Crippen molar-refractivity contribution in [2.75, 3.05) is 31.9 Å². The van der Waals surface area contributed by atoms with Crippen LogP contribution >= 0.6 is 0 Å². The lowest BCUT2D eigenvalue weighted by molar-refractivity contribution is -0.130. The zero-order chi connectivity index (χ0) is 18.8. The van der Waals surface area contributed by atoms with Crippen molar-refractivity contribution in [2.24, 2.45) is 5.92 Å². The molecular formula is C20H31N5O. The molecule has 3 aliphatic rings. The van der Waals surface area contributed by atoms with E-state index in [1.54, 1.807) is 0 Å². The molecule has 142 valence electrons. The Morgan fingerprint density at radius 3 is 2.50 bits per heavy atom. The molecule has 2 N–H and O–H groups in total. The lowest BCUT2D eigenvalue weighted by Gasteiger charge is -2.35. The summed E-state index contributed by atoms with van der Waals surface area (Å²) in [6, 6.07) is 0.471. The van der Waals surface area contributed by atoms with Crippen molar-refractivity contribution in [1.82, 2.24) is 19.8 Å². The van der Waals surface area contributed by atoms with E-state index in [1.807, 2.05) is 13.8 Å². The largest absolute Gasteiger partial charge is 0.368 e. The van der Waals surface area contributed by atoms with Gasteiger partial charge in [-0.2, -0.15) is 0 Å². The Morgan fingerprint density at radius 1 is 1.15 bits per heavy atom. The van der Waals surface area contributed by atoms with Crippen molar-refractivity contribution < 1.29 is 4.79 Å². The van der Waals surface area contributed by atoms with Gasteiger partial charge in [0.1, 0.15) is 0 Å². The summed E-state index contributed by atoms with van der Waals surface area (Å²) in [7, 11) is 0. The SMILES string of the molecule is CC(C)=CCN1C[C@H]2CC[C@@H]1CN(C(=O)Cc1c(C)nc(N)nc1C)C2. The minimum absolute atomic E-state index is 0.186. The predicted octanol–water partition coefficient (Wildman–Crippen LogP) is 2.11.